The van der Waals surface area contributed by atoms with Crippen molar-refractivity contribution in [2.24, 2.45) is 0 Å². The van der Waals surface area contributed by atoms with Gasteiger partial charge in [-0.2, -0.15) is 0 Å². The molecule has 3 rings (SSSR count). The molecule has 3 aromatic rings. The standard InChI is InChI=1S/C10H6F2N4S/c11-4-1-6-7(2-5(4)12)15-9(14-6)8-3-17-10(13)16-8/h1-3H,(H2,13,16)(H,14,15). The third-order valence-corrected chi connectivity index (χ3v) is 2.96. The summed E-state index contributed by atoms with van der Waals surface area (Å²) in [5.41, 5.74) is 6.84. The van der Waals surface area contributed by atoms with Gasteiger partial charge in [0.2, 0.25) is 0 Å². The van der Waals surface area contributed by atoms with Crippen molar-refractivity contribution in [3.63, 3.8) is 0 Å². The Kier molecular flexibility index (Phi) is 2.08. The monoisotopic (exact) mass is 252 g/mol. The van der Waals surface area contributed by atoms with E-state index in [2.05, 4.69) is 15.0 Å². The third-order valence-electron chi connectivity index (χ3n) is 2.29. The Hall–Kier alpha value is -2.02. The van der Waals surface area contributed by atoms with Gasteiger partial charge < -0.3 is 10.7 Å². The van der Waals surface area contributed by atoms with Crippen LogP contribution in [0.4, 0.5) is 13.9 Å². The summed E-state index contributed by atoms with van der Waals surface area (Å²) in [6, 6.07) is 2.11. The molecular weight excluding hydrogens is 246 g/mol. The maximum absolute atomic E-state index is 13.0. The molecule has 2 aromatic heterocycles. The molecule has 86 valence electrons. The van der Waals surface area contributed by atoms with Crippen LogP contribution in [0, 0.1) is 11.6 Å². The molecule has 4 nitrogen and oxygen atoms in total. The van der Waals surface area contributed by atoms with Crippen molar-refractivity contribution in [3.05, 3.63) is 29.1 Å². The first-order chi connectivity index (χ1) is 8.13. The number of anilines is 1. The van der Waals surface area contributed by atoms with Gasteiger partial charge in [-0.25, -0.2) is 18.7 Å². The van der Waals surface area contributed by atoms with Gasteiger partial charge in [-0.15, -0.1) is 11.3 Å². The molecule has 0 atom stereocenters. The fourth-order valence-corrected chi connectivity index (χ4v) is 2.07. The van der Waals surface area contributed by atoms with Gasteiger partial charge in [0, 0.05) is 17.5 Å². The van der Waals surface area contributed by atoms with Gasteiger partial charge in [-0.1, -0.05) is 0 Å². The molecule has 0 spiro atoms. The topological polar surface area (TPSA) is 67.6 Å². The second-order valence-electron chi connectivity index (χ2n) is 3.44. The molecule has 0 bridgehead atoms. The Bertz CT molecular complexity index is 664. The lowest BCUT2D eigenvalue weighted by Gasteiger charge is -1.90. The van der Waals surface area contributed by atoms with Gasteiger partial charge in [0.25, 0.3) is 0 Å². The van der Waals surface area contributed by atoms with E-state index >= 15 is 0 Å². The summed E-state index contributed by atoms with van der Waals surface area (Å²) in [7, 11) is 0. The van der Waals surface area contributed by atoms with Crippen molar-refractivity contribution < 1.29 is 8.78 Å². The number of H-pyrrole nitrogens is 1. The van der Waals surface area contributed by atoms with Crippen molar-refractivity contribution in [2.45, 2.75) is 0 Å². The lowest BCUT2D eigenvalue weighted by atomic mass is 10.3. The maximum atomic E-state index is 13.0. The molecule has 0 aliphatic carbocycles. The highest BCUT2D eigenvalue weighted by atomic mass is 32.1. The van der Waals surface area contributed by atoms with Crippen molar-refractivity contribution in [1.82, 2.24) is 15.0 Å². The number of hydrogen-bond donors (Lipinski definition) is 2. The lowest BCUT2D eigenvalue weighted by molar-refractivity contribution is 0.510. The van der Waals surface area contributed by atoms with Gasteiger partial charge in [0.1, 0.15) is 5.69 Å². The van der Waals surface area contributed by atoms with Gasteiger partial charge >= 0.3 is 0 Å². The summed E-state index contributed by atoms with van der Waals surface area (Å²) >= 11 is 1.27. The van der Waals surface area contributed by atoms with E-state index in [1.165, 1.54) is 11.3 Å². The van der Waals surface area contributed by atoms with Gasteiger partial charge in [-0.05, 0) is 0 Å². The van der Waals surface area contributed by atoms with E-state index < -0.39 is 11.6 Å². The maximum Gasteiger partial charge on any atom is 0.180 e. The second kappa shape index (κ2) is 3.49. The number of imidazole rings is 1. The molecule has 0 fully saturated rings. The summed E-state index contributed by atoms with van der Waals surface area (Å²) in [6.45, 7) is 0. The van der Waals surface area contributed by atoms with Crippen LogP contribution >= 0.6 is 11.3 Å². The van der Waals surface area contributed by atoms with Gasteiger partial charge in [0.15, 0.2) is 22.6 Å². The molecule has 0 aliphatic rings. The largest absolute Gasteiger partial charge is 0.375 e. The summed E-state index contributed by atoms with van der Waals surface area (Å²) in [5, 5.41) is 2.14. The Morgan fingerprint density at radius 1 is 1.18 bits per heavy atom. The SMILES string of the molecule is Nc1nc(-c2nc3cc(F)c(F)cc3[nH]2)cs1. The fraction of sp³-hybridized carbons (Fsp3) is 0. The predicted octanol–water partition coefficient (Wildman–Crippen LogP) is 2.55. The van der Waals surface area contributed by atoms with Crippen LogP contribution in [0.2, 0.25) is 0 Å². The van der Waals surface area contributed by atoms with E-state index in [9.17, 15) is 8.78 Å². The van der Waals surface area contributed by atoms with Crippen molar-refractivity contribution in [3.8, 4) is 11.5 Å². The number of aromatic nitrogens is 3. The highest BCUT2D eigenvalue weighted by Gasteiger charge is 2.11. The minimum atomic E-state index is -0.923. The minimum Gasteiger partial charge on any atom is -0.375 e. The highest BCUT2D eigenvalue weighted by Crippen LogP contribution is 2.24. The van der Waals surface area contributed by atoms with E-state index in [1.807, 2.05) is 0 Å². The van der Waals surface area contributed by atoms with Crippen LogP contribution < -0.4 is 5.73 Å². The van der Waals surface area contributed by atoms with E-state index in [-0.39, 0.29) is 0 Å². The summed E-state index contributed by atoms with van der Waals surface area (Å²) in [6.07, 6.45) is 0. The third kappa shape index (κ3) is 1.64. The number of halogens is 2. The van der Waals surface area contributed by atoms with Gasteiger partial charge in [-0.3, -0.25) is 0 Å². The van der Waals surface area contributed by atoms with Crippen LogP contribution in [0.25, 0.3) is 22.6 Å². The Balaban J connectivity index is 2.19. The smallest absolute Gasteiger partial charge is 0.180 e. The van der Waals surface area contributed by atoms with Crippen LogP contribution in [0.1, 0.15) is 0 Å². The molecule has 3 N–H and O–H groups in total. The normalized spacial score (nSPS) is 11.2. The quantitative estimate of drug-likeness (QED) is 0.699. The Morgan fingerprint density at radius 2 is 1.94 bits per heavy atom. The number of nitrogen functional groups attached to an aromatic ring is 1. The van der Waals surface area contributed by atoms with E-state index in [0.29, 0.717) is 27.7 Å². The van der Waals surface area contributed by atoms with E-state index in [0.717, 1.165) is 12.1 Å². The molecule has 0 saturated carbocycles. The predicted molar refractivity (Wildman–Crippen MR) is 61.5 cm³/mol. The molecular formula is C10H6F2N4S. The molecule has 7 heteroatoms. The van der Waals surface area contributed by atoms with Crippen LogP contribution in [0.15, 0.2) is 17.5 Å². The zero-order valence-electron chi connectivity index (χ0n) is 8.37. The Labute approximate surface area is 98.1 Å². The number of rotatable bonds is 1. The molecule has 17 heavy (non-hydrogen) atoms. The molecule has 0 aliphatic heterocycles. The average molecular weight is 252 g/mol. The zero-order chi connectivity index (χ0) is 12.0. The number of nitrogens with one attached hydrogen (secondary N) is 1. The molecule has 1 aromatic carbocycles. The summed E-state index contributed by atoms with van der Waals surface area (Å²) < 4.78 is 26.0. The van der Waals surface area contributed by atoms with E-state index in [1.54, 1.807) is 5.38 Å². The minimum absolute atomic E-state index is 0.352. The summed E-state index contributed by atoms with van der Waals surface area (Å²) in [5.74, 6) is -1.39. The highest BCUT2D eigenvalue weighted by molar-refractivity contribution is 7.13. The van der Waals surface area contributed by atoms with E-state index in [4.69, 9.17) is 5.73 Å². The number of nitrogens with zero attached hydrogens (tertiary/aromatic N) is 2. The number of thiazole rings is 1. The number of fused-ring (bicyclic) bond motifs is 1. The van der Waals surface area contributed by atoms with Crippen LogP contribution in [0.5, 0.6) is 0 Å². The number of nitrogens with two attached hydrogens (primary N) is 1. The number of hydrogen-bond acceptors (Lipinski definition) is 4. The average Bonchev–Trinajstić information content (AvgIpc) is 2.85. The molecule has 0 amide bonds. The lowest BCUT2D eigenvalue weighted by Crippen LogP contribution is -1.83. The van der Waals surface area contributed by atoms with Crippen molar-refractivity contribution in [2.75, 3.05) is 5.73 Å². The molecule has 0 saturated heterocycles. The molecule has 0 unspecified atom stereocenters. The first-order valence-electron chi connectivity index (χ1n) is 4.69. The molecule has 0 radical (unpaired) electrons. The van der Waals surface area contributed by atoms with Crippen LogP contribution in [-0.2, 0) is 0 Å². The number of aromatic amines is 1. The fourth-order valence-electron chi connectivity index (χ4n) is 1.52. The first kappa shape index (κ1) is 10.2. The number of benzene rings is 1. The van der Waals surface area contributed by atoms with Crippen LogP contribution in [-0.4, -0.2) is 15.0 Å². The van der Waals surface area contributed by atoms with Crippen molar-refractivity contribution >= 4 is 27.5 Å². The Morgan fingerprint density at radius 3 is 2.65 bits per heavy atom. The van der Waals surface area contributed by atoms with Crippen molar-refractivity contribution in [1.29, 1.82) is 0 Å². The van der Waals surface area contributed by atoms with Gasteiger partial charge in [0.05, 0.1) is 11.0 Å². The second-order valence-corrected chi connectivity index (χ2v) is 4.33. The summed E-state index contributed by atoms with van der Waals surface area (Å²) in [4.78, 5) is 11.0. The van der Waals surface area contributed by atoms with Crippen LogP contribution in [0.3, 0.4) is 0 Å². The zero-order valence-corrected chi connectivity index (χ0v) is 9.18. The molecule has 2 heterocycles. The first-order valence-corrected chi connectivity index (χ1v) is 5.57.